The largest absolute Gasteiger partial charge is 0.290 e. The molecule has 0 saturated carbocycles. The van der Waals surface area contributed by atoms with E-state index in [0.717, 1.165) is 21.2 Å². The highest BCUT2D eigenvalue weighted by molar-refractivity contribution is 7.13. The Morgan fingerprint density at radius 2 is 1.93 bits per heavy atom. The highest BCUT2D eigenvalue weighted by Gasteiger charge is 2.71. The number of carbonyl (C=O) groups is 1. The van der Waals surface area contributed by atoms with Crippen LogP contribution >= 0.6 is 11.3 Å². The van der Waals surface area contributed by atoms with Gasteiger partial charge in [-0.3, -0.25) is 19.6 Å². The summed E-state index contributed by atoms with van der Waals surface area (Å²) in [5.41, 5.74) is -3.29. The zero-order valence-electron chi connectivity index (χ0n) is 15.5. The third kappa shape index (κ3) is 2.94. The number of nitrogens with zero attached hydrogens (tertiary/aromatic N) is 4. The molecule has 0 radical (unpaired) electrons. The van der Waals surface area contributed by atoms with Gasteiger partial charge >= 0.3 is 0 Å². The number of thiophene rings is 1. The first-order chi connectivity index (χ1) is 14.0. The number of carbonyl (C=O) groups excluding carboxylic acids is 1. The average molecular weight is 412 g/mol. The fourth-order valence-electron chi connectivity index (χ4n) is 4.12. The van der Waals surface area contributed by atoms with Gasteiger partial charge in [-0.2, -0.15) is 0 Å². The highest BCUT2D eigenvalue weighted by Crippen LogP contribution is 2.46. The molecule has 3 aromatic heterocycles. The lowest BCUT2D eigenvalue weighted by molar-refractivity contribution is -0.130. The number of hydrogen-bond donors (Lipinski definition) is 0. The number of amides is 1. The monoisotopic (exact) mass is 412 g/mol. The number of hydrogen-bond acceptors (Lipinski definition) is 5. The molecule has 0 aromatic carbocycles. The summed E-state index contributed by atoms with van der Waals surface area (Å²) in [6.07, 6.45) is 1.51. The van der Waals surface area contributed by atoms with E-state index in [-0.39, 0.29) is 32.0 Å². The number of halogens is 2. The van der Waals surface area contributed by atoms with E-state index in [9.17, 15) is 4.79 Å². The molecule has 2 saturated heterocycles. The zero-order chi connectivity index (χ0) is 20.1. The van der Waals surface area contributed by atoms with Crippen LogP contribution in [0.1, 0.15) is 5.69 Å². The van der Waals surface area contributed by atoms with Crippen molar-refractivity contribution in [2.75, 3.05) is 24.5 Å². The zero-order valence-corrected chi connectivity index (χ0v) is 16.3. The fourth-order valence-corrected chi connectivity index (χ4v) is 4.82. The maximum Gasteiger partial charge on any atom is 0.270 e. The SMILES string of the molecule is O=C1N(c2ccccn2)C[C@@]2(F)CN(Cc3cccc(-c4cccs4)n3)C[C@@]12F. The number of pyridine rings is 2. The molecule has 1 amide bonds. The molecule has 0 N–H and O–H groups in total. The van der Waals surface area contributed by atoms with E-state index in [2.05, 4.69) is 9.97 Å². The Labute approximate surface area is 170 Å². The molecular formula is C21H18F2N4OS. The second kappa shape index (κ2) is 6.67. The minimum absolute atomic E-state index is 0.163. The van der Waals surface area contributed by atoms with E-state index in [0.29, 0.717) is 0 Å². The normalized spacial score (nSPS) is 26.8. The van der Waals surface area contributed by atoms with Gasteiger partial charge in [0.05, 0.1) is 22.8 Å². The Balaban J connectivity index is 1.35. The summed E-state index contributed by atoms with van der Waals surface area (Å²) in [6, 6.07) is 14.5. The van der Waals surface area contributed by atoms with E-state index in [4.69, 9.17) is 0 Å². The van der Waals surface area contributed by atoms with Gasteiger partial charge in [0.15, 0.2) is 5.67 Å². The molecule has 2 aliphatic rings. The summed E-state index contributed by atoms with van der Waals surface area (Å²) in [6.45, 7) is -0.508. The first-order valence-electron chi connectivity index (χ1n) is 9.32. The van der Waals surface area contributed by atoms with Crippen molar-refractivity contribution < 1.29 is 13.6 Å². The topological polar surface area (TPSA) is 49.3 Å². The van der Waals surface area contributed by atoms with Gasteiger partial charge in [-0.05, 0) is 35.7 Å². The van der Waals surface area contributed by atoms with Crippen LogP contribution in [0.25, 0.3) is 10.6 Å². The number of aromatic nitrogens is 2. The minimum Gasteiger partial charge on any atom is -0.290 e. The van der Waals surface area contributed by atoms with Crippen molar-refractivity contribution in [1.29, 1.82) is 0 Å². The van der Waals surface area contributed by atoms with Crippen molar-refractivity contribution in [3.8, 4) is 10.6 Å². The van der Waals surface area contributed by atoms with Crippen LogP contribution < -0.4 is 4.90 Å². The van der Waals surface area contributed by atoms with E-state index >= 15 is 8.78 Å². The van der Waals surface area contributed by atoms with Crippen LogP contribution in [-0.4, -0.2) is 51.7 Å². The molecule has 5 rings (SSSR count). The number of fused-ring (bicyclic) bond motifs is 1. The first-order valence-corrected chi connectivity index (χ1v) is 10.2. The summed E-state index contributed by atoms with van der Waals surface area (Å²) in [5, 5.41) is 1.98. The smallest absolute Gasteiger partial charge is 0.270 e. The van der Waals surface area contributed by atoms with Crippen LogP contribution in [0.3, 0.4) is 0 Å². The number of likely N-dealkylation sites (tertiary alicyclic amines) is 1. The van der Waals surface area contributed by atoms with Crippen molar-refractivity contribution in [2.24, 2.45) is 0 Å². The van der Waals surface area contributed by atoms with Crippen molar-refractivity contribution in [3.63, 3.8) is 0 Å². The van der Waals surface area contributed by atoms with Crippen LogP contribution in [0.2, 0.25) is 0 Å². The average Bonchev–Trinajstić information content (AvgIpc) is 3.38. The predicted molar refractivity (Wildman–Crippen MR) is 107 cm³/mol. The number of alkyl halides is 2. The Morgan fingerprint density at radius 1 is 1.03 bits per heavy atom. The summed E-state index contributed by atoms with van der Waals surface area (Å²) in [5.74, 6) is -0.584. The lowest BCUT2D eigenvalue weighted by Gasteiger charge is -2.21. The van der Waals surface area contributed by atoms with Gasteiger partial charge in [0.1, 0.15) is 5.82 Å². The third-order valence-corrected chi connectivity index (χ3v) is 6.40. The molecule has 2 atom stereocenters. The maximum atomic E-state index is 15.6. The van der Waals surface area contributed by atoms with Gasteiger partial charge in [0.25, 0.3) is 5.91 Å². The van der Waals surface area contributed by atoms with Gasteiger partial charge in [-0.1, -0.05) is 18.2 Å². The van der Waals surface area contributed by atoms with Crippen LogP contribution in [0, 0.1) is 0 Å². The molecule has 0 spiro atoms. The van der Waals surface area contributed by atoms with Crippen molar-refractivity contribution in [3.05, 3.63) is 65.8 Å². The Kier molecular flexibility index (Phi) is 4.22. The van der Waals surface area contributed by atoms with Crippen molar-refractivity contribution in [1.82, 2.24) is 14.9 Å². The van der Waals surface area contributed by atoms with Gasteiger partial charge in [0.2, 0.25) is 5.67 Å². The Bertz CT molecular complexity index is 1050. The third-order valence-electron chi connectivity index (χ3n) is 5.51. The maximum absolute atomic E-state index is 15.6. The quantitative estimate of drug-likeness (QED) is 0.658. The Hall–Kier alpha value is -2.71. The lowest BCUT2D eigenvalue weighted by Crippen LogP contribution is -2.47. The lowest BCUT2D eigenvalue weighted by atomic mass is 9.93. The first kappa shape index (κ1) is 18.3. The molecule has 3 aromatic rings. The van der Waals surface area contributed by atoms with Crippen molar-refractivity contribution >= 4 is 23.1 Å². The number of anilines is 1. The molecule has 5 nitrogen and oxygen atoms in total. The van der Waals surface area contributed by atoms with E-state index in [1.54, 1.807) is 34.4 Å². The van der Waals surface area contributed by atoms with E-state index in [1.165, 1.54) is 6.20 Å². The standard InChI is InChI=1S/C21H18F2N4OS/c22-20-12-26(11-15-5-3-6-16(25-15)17-7-4-10-29-17)14-21(20,23)19(28)27(13-20)18-8-1-2-9-24-18/h1-10H,11-14H2/t20-,21+/m0/s1. The highest BCUT2D eigenvalue weighted by atomic mass is 32.1. The molecular weight excluding hydrogens is 394 g/mol. The van der Waals surface area contributed by atoms with Crippen LogP contribution in [0.15, 0.2) is 60.1 Å². The van der Waals surface area contributed by atoms with Gasteiger partial charge < -0.3 is 0 Å². The summed E-state index contributed by atoms with van der Waals surface area (Å²) < 4.78 is 31.2. The second-order valence-electron chi connectivity index (χ2n) is 7.48. The summed E-state index contributed by atoms with van der Waals surface area (Å²) in [7, 11) is 0. The fraction of sp³-hybridized carbons (Fsp3) is 0.286. The molecule has 0 aliphatic carbocycles. The second-order valence-corrected chi connectivity index (χ2v) is 8.43. The van der Waals surface area contributed by atoms with E-state index < -0.39 is 17.2 Å². The molecule has 8 heteroatoms. The molecule has 148 valence electrons. The minimum atomic E-state index is -2.57. The van der Waals surface area contributed by atoms with Gasteiger partial charge in [-0.25, -0.2) is 13.8 Å². The van der Waals surface area contributed by atoms with Crippen LogP contribution in [0.5, 0.6) is 0 Å². The van der Waals surface area contributed by atoms with Crippen LogP contribution in [0.4, 0.5) is 14.6 Å². The van der Waals surface area contributed by atoms with E-state index in [1.807, 2.05) is 35.7 Å². The van der Waals surface area contributed by atoms with Crippen LogP contribution in [-0.2, 0) is 11.3 Å². The van der Waals surface area contributed by atoms with Gasteiger partial charge in [-0.15, -0.1) is 11.3 Å². The van der Waals surface area contributed by atoms with Gasteiger partial charge in [0, 0.05) is 25.8 Å². The summed E-state index contributed by atoms with van der Waals surface area (Å²) in [4.78, 5) is 25.2. The Morgan fingerprint density at radius 3 is 2.66 bits per heavy atom. The van der Waals surface area contributed by atoms with Crippen molar-refractivity contribution in [2.45, 2.75) is 17.9 Å². The predicted octanol–water partition coefficient (Wildman–Crippen LogP) is 3.48. The number of rotatable bonds is 4. The molecule has 2 aliphatic heterocycles. The molecule has 0 bridgehead atoms. The molecule has 2 fully saturated rings. The molecule has 0 unspecified atom stereocenters. The molecule has 29 heavy (non-hydrogen) atoms. The molecule has 5 heterocycles. The summed E-state index contributed by atoms with van der Waals surface area (Å²) >= 11 is 1.59.